The number of aryl methyl sites for hydroxylation is 1. The molecule has 0 heterocycles. The molecule has 3 N–H and O–H groups in total. The van der Waals surface area contributed by atoms with Crippen LogP contribution in [0, 0.1) is 6.92 Å². The molecule has 5 nitrogen and oxygen atoms in total. The predicted octanol–water partition coefficient (Wildman–Crippen LogP) is 2.24. The monoisotopic (exact) mass is 278 g/mol. The maximum absolute atomic E-state index is 12.3. The third-order valence-corrected chi connectivity index (χ3v) is 3.54. The van der Waals surface area contributed by atoms with Crippen LogP contribution in [-0.2, 0) is 9.53 Å². The molecule has 0 aromatic heterocycles. The first-order chi connectivity index (χ1) is 9.37. The molecule has 20 heavy (non-hydrogen) atoms. The topological polar surface area (TPSA) is 81.4 Å². The number of carbonyl (C=O) groups is 2. The van der Waals surface area contributed by atoms with Crippen LogP contribution in [0.2, 0.25) is 0 Å². The molecule has 0 unspecified atom stereocenters. The van der Waals surface area contributed by atoms with Crippen LogP contribution < -0.4 is 11.1 Å². The Morgan fingerprint density at radius 2 is 1.90 bits per heavy atom. The summed E-state index contributed by atoms with van der Waals surface area (Å²) in [6.07, 6.45) is 1.05. The highest BCUT2D eigenvalue weighted by atomic mass is 16.5. The number of carbonyl (C=O) groups excluding carboxylic acids is 2. The van der Waals surface area contributed by atoms with Gasteiger partial charge in [0.25, 0.3) is 0 Å². The van der Waals surface area contributed by atoms with Gasteiger partial charge in [-0.05, 0) is 31.9 Å². The van der Waals surface area contributed by atoms with Gasteiger partial charge in [0.2, 0.25) is 5.91 Å². The summed E-state index contributed by atoms with van der Waals surface area (Å²) in [4.78, 5) is 24.0. The van der Waals surface area contributed by atoms with E-state index in [1.165, 1.54) is 7.11 Å². The van der Waals surface area contributed by atoms with Crippen molar-refractivity contribution in [1.29, 1.82) is 0 Å². The second-order valence-corrected chi connectivity index (χ2v) is 4.86. The molecule has 0 aliphatic heterocycles. The molecule has 110 valence electrons. The minimum absolute atomic E-state index is 0.295. The highest BCUT2D eigenvalue weighted by Crippen LogP contribution is 2.21. The number of benzene rings is 1. The Bertz CT molecular complexity index is 508. The van der Waals surface area contributed by atoms with Crippen LogP contribution in [0.4, 0.5) is 5.69 Å². The number of methoxy groups -OCH3 is 1. The van der Waals surface area contributed by atoms with Crippen molar-refractivity contribution in [3.8, 4) is 0 Å². The maximum atomic E-state index is 12.3. The molecule has 0 bridgehead atoms. The van der Waals surface area contributed by atoms with Crippen molar-refractivity contribution in [2.45, 2.75) is 39.2 Å². The van der Waals surface area contributed by atoms with Crippen molar-refractivity contribution in [2.24, 2.45) is 5.73 Å². The van der Waals surface area contributed by atoms with Crippen LogP contribution >= 0.6 is 0 Å². The first kappa shape index (κ1) is 16.2. The van der Waals surface area contributed by atoms with E-state index < -0.39 is 11.5 Å². The number of hydrogen-bond acceptors (Lipinski definition) is 4. The van der Waals surface area contributed by atoms with Gasteiger partial charge in [0.05, 0.1) is 23.9 Å². The Kier molecular flexibility index (Phi) is 5.27. The number of amides is 1. The molecule has 1 rings (SSSR count). The highest BCUT2D eigenvalue weighted by molar-refractivity contribution is 6.04. The Balaban J connectivity index is 3.09. The molecule has 1 aromatic carbocycles. The lowest BCUT2D eigenvalue weighted by atomic mass is 9.93. The van der Waals surface area contributed by atoms with Crippen LogP contribution in [0.15, 0.2) is 18.2 Å². The van der Waals surface area contributed by atoms with Crippen molar-refractivity contribution in [2.75, 3.05) is 12.4 Å². The first-order valence-electron chi connectivity index (χ1n) is 6.67. The van der Waals surface area contributed by atoms with Crippen LogP contribution in [0.1, 0.15) is 42.6 Å². The molecule has 0 saturated heterocycles. The number of rotatable bonds is 5. The second-order valence-electron chi connectivity index (χ2n) is 4.86. The van der Waals surface area contributed by atoms with Gasteiger partial charge in [-0.25, -0.2) is 4.79 Å². The zero-order valence-corrected chi connectivity index (χ0v) is 12.4. The molecule has 1 aromatic rings. The van der Waals surface area contributed by atoms with Gasteiger partial charge in [-0.15, -0.1) is 0 Å². The van der Waals surface area contributed by atoms with Crippen molar-refractivity contribution in [3.05, 3.63) is 29.3 Å². The molecule has 0 aliphatic rings. The van der Waals surface area contributed by atoms with Crippen molar-refractivity contribution in [3.63, 3.8) is 0 Å². The number of esters is 1. The molecular formula is C15H22N2O3. The zero-order chi connectivity index (χ0) is 15.3. The molecule has 1 amide bonds. The van der Waals surface area contributed by atoms with E-state index in [2.05, 4.69) is 5.32 Å². The average Bonchev–Trinajstić information content (AvgIpc) is 2.47. The summed E-state index contributed by atoms with van der Waals surface area (Å²) >= 11 is 0. The largest absolute Gasteiger partial charge is 0.465 e. The lowest BCUT2D eigenvalue weighted by Gasteiger charge is -2.25. The summed E-state index contributed by atoms with van der Waals surface area (Å²) in [6, 6.07) is 5.18. The van der Waals surface area contributed by atoms with Crippen LogP contribution in [0.5, 0.6) is 0 Å². The predicted molar refractivity (Wildman–Crippen MR) is 78.6 cm³/mol. The SMILES string of the molecule is CCC(N)(CC)C(=O)Nc1ccc(C)cc1C(=O)OC. The molecule has 0 radical (unpaired) electrons. The lowest BCUT2D eigenvalue weighted by molar-refractivity contribution is -0.121. The van der Waals surface area contributed by atoms with Gasteiger partial charge in [0.1, 0.15) is 0 Å². The fraction of sp³-hybridized carbons (Fsp3) is 0.467. The summed E-state index contributed by atoms with van der Waals surface area (Å²) in [6.45, 7) is 5.59. The Morgan fingerprint density at radius 3 is 2.40 bits per heavy atom. The van der Waals surface area contributed by atoms with E-state index in [1.807, 2.05) is 26.8 Å². The second kappa shape index (κ2) is 6.52. The van der Waals surface area contributed by atoms with Gasteiger partial charge in [0, 0.05) is 0 Å². The van der Waals surface area contributed by atoms with E-state index in [4.69, 9.17) is 10.5 Å². The van der Waals surface area contributed by atoms with Gasteiger partial charge < -0.3 is 15.8 Å². The molecule has 5 heteroatoms. The molecule has 0 saturated carbocycles. The van der Waals surface area contributed by atoms with E-state index in [0.29, 0.717) is 24.1 Å². The van der Waals surface area contributed by atoms with Crippen LogP contribution in [-0.4, -0.2) is 24.5 Å². The summed E-state index contributed by atoms with van der Waals surface area (Å²) < 4.78 is 4.73. The summed E-state index contributed by atoms with van der Waals surface area (Å²) in [5.74, 6) is -0.781. The third kappa shape index (κ3) is 3.36. The number of anilines is 1. The average molecular weight is 278 g/mol. The minimum Gasteiger partial charge on any atom is -0.465 e. The quantitative estimate of drug-likeness (QED) is 0.809. The van der Waals surface area contributed by atoms with Gasteiger partial charge >= 0.3 is 5.97 Å². The number of hydrogen-bond donors (Lipinski definition) is 2. The lowest BCUT2D eigenvalue weighted by Crippen LogP contribution is -2.50. The van der Waals surface area contributed by atoms with Crippen molar-refractivity contribution < 1.29 is 14.3 Å². The molecule has 0 fully saturated rings. The summed E-state index contributed by atoms with van der Waals surface area (Å²) in [5.41, 5.74) is 6.78. The smallest absolute Gasteiger partial charge is 0.339 e. The maximum Gasteiger partial charge on any atom is 0.339 e. The van der Waals surface area contributed by atoms with Crippen LogP contribution in [0.3, 0.4) is 0 Å². The first-order valence-corrected chi connectivity index (χ1v) is 6.67. The van der Waals surface area contributed by atoms with E-state index >= 15 is 0 Å². The van der Waals surface area contributed by atoms with Gasteiger partial charge in [-0.3, -0.25) is 4.79 Å². The van der Waals surface area contributed by atoms with E-state index in [9.17, 15) is 9.59 Å². The minimum atomic E-state index is -0.932. The van der Waals surface area contributed by atoms with Crippen LogP contribution in [0.25, 0.3) is 0 Å². The van der Waals surface area contributed by atoms with E-state index in [-0.39, 0.29) is 5.91 Å². The molecule has 0 atom stereocenters. The fourth-order valence-electron chi connectivity index (χ4n) is 1.86. The van der Waals surface area contributed by atoms with E-state index in [0.717, 1.165) is 5.56 Å². The highest BCUT2D eigenvalue weighted by Gasteiger charge is 2.30. The van der Waals surface area contributed by atoms with Gasteiger partial charge in [0.15, 0.2) is 0 Å². The number of nitrogens with one attached hydrogen (secondary N) is 1. The number of nitrogens with two attached hydrogens (primary N) is 1. The molecule has 0 aliphatic carbocycles. The summed E-state index contributed by atoms with van der Waals surface area (Å²) in [7, 11) is 1.31. The number of ether oxygens (including phenoxy) is 1. The normalized spacial score (nSPS) is 11.1. The molecular weight excluding hydrogens is 256 g/mol. The Labute approximate surface area is 119 Å². The molecule has 0 spiro atoms. The summed E-state index contributed by atoms with van der Waals surface area (Å²) in [5, 5.41) is 2.73. The van der Waals surface area contributed by atoms with E-state index in [1.54, 1.807) is 12.1 Å². The Hall–Kier alpha value is -1.88. The standard InChI is InChI=1S/C15H22N2O3/c1-5-15(16,6-2)14(19)17-12-8-7-10(3)9-11(12)13(18)20-4/h7-9H,5-6,16H2,1-4H3,(H,17,19). The Morgan fingerprint density at radius 1 is 1.30 bits per heavy atom. The zero-order valence-electron chi connectivity index (χ0n) is 12.4. The van der Waals surface area contributed by atoms with Crippen molar-refractivity contribution in [1.82, 2.24) is 0 Å². The van der Waals surface area contributed by atoms with Crippen molar-refractivity contribution >= 4 is 17.6 Å². The van der Waals surface area contributed by atoms with Gasteiger partial charge in [-0.1, -0.05) is 25.5 Å². The fourth-order valence-corrected chi connectivity index (χ4v) is 1.86. The third-order valence-electron chi connectivity index (χ3n) is 3.54. The van der Waals surface area contributed by atoms with Gasteiger partial charge in [-0.2, -0.15) is 0 Å².